The molecular formula is C15H18N2O. The highest BCUT2D eigenvalue weighted by Gasteiger charge is 2.12. The molecule has 2 rings (SSSR count). The molecule has 0 aliphatic carbocycles. The van der Waals surface area contributed by atoms with E-state index in [1.807, 2.05) is 6.07 Å². The van der Waals surface area contributed by atoms with Gasteiger partial charge in [0, 0.05) is 7.05 Å². The number of carbonyl (C=O) groups excluding carboxylic acids is 1. The van der Waals surface area contributed by atoms with E-state index in [1.54, 1.807) is 7.05 Å². The molecule has 3 N–H and O–H groups in total. The summed E-state index contributed by atoms with van der Waals surface area (Å²) in [7, 11) is 1.60. The van der Waals surface area contributed by atoms with Crippen LogP contribution in [0.15, 0.2) is 36.4 Å². The Balaban J connectivity index is 2.25. The highest BCUT2D eigenvalue weighted by molar-refractivity contribution is 5.84. The van der Waals surface area contributed by atoms with Gasteiger partial charge in [-0.3, -0.25) is 4.79 Å². The minimum absolute atomic E-state index is 0.126. The van der Waals surface area contributed by atoms with Crippen LogP contribution in [0.5, 0.6) is 0 Å². The van der Waals surface area contributed by atoms with Gasteiger partial charge in [-0.05, 0) is 29.7 Å². The molecular weight excluding hydrogens is 224 g/mol. The molecule has 18 heavy (non-hydrogen) atoms. The Kier molecular flexibility index (Phi) is 3.63. The number of benzene rings is 2. The summed E-state index contributed by atoms with van der Waals surface area (Å²) in [4.78, 5) is 11.4. The van der Waals surface area contributed by atoms with Gasteiger partial charge in [-0.2, -0.15) is 0 Å². The summed E-state index contributed by atoms with van der Waals surface area (Å²) in [6.45, 7) is 2.08. The van der Waals surface area contributed by atoms with E-state index in [0.29, 0.717) is 6.42 Å². The molecule has 1 atom stereocenters. The third kappa shape index (κ3) is 2.68. The molecule has 1 amide bonds. The minimum atomic E-state index is -0.488. The summed E-state index contributed by atoms with van der Waals surface area (Å²) in [5, 5.41) is 4.96. The number of likely N-dealkylation sites (N-methyl/N-ethyl adjacent to an activating group) is 1. The summed E-state index contributed by atoms with van der Waals surface area (Å²) in [6.07, 6.45) is 0.559. The second kappa shape index (κ2) is 5.19. The number of carbonyl (C=O) groups is 1. The van der Waals surface area contributed by atoms with Gasteiger partial charge in [0.15, 0.2) is 0 Å². The van der Waals surface area contributed by atoms with Gasteiger partial charge in [0.25, 0.3) is 0 Å². The first-order valence-corrected chi connectivity index (χ1v) is 6.06. The van der Waals surface area contributed by atoms with E-state index in [0.717, 1.165) is 5.56 Å². The maximum absolute atomic E-state index is 11.4. The van der Waals surface area contributed by atoms with Crippen molar-refractivity contribution in [1.82, 2.24) is 5.32 Å². The Hall–Kier alpha value is -1.87. The van der Waals surface area contributed by atoms with Crippen LogP contribution < -0.4 is 11.1 Å². The van der Waals surface area contributed by atoms with Gasteiger partial charge in [0.2, 0.25) is 5.91 Å². The quantitative estimate of drug-likeness (QED) is 0.861. The van der Waals surface area contributed by atoms with Gasteiger partial charge >= 0.3 is 0 Å². The molecule has 3 heteroatoms. The number of hydrogen-bond acceptors (Lipinski definition) is 2. The first-order valence-electron chi connectivity index (χ1n) is 6.06. The summed E-state index contributed by atoms with van der Waals surface area (Å²) >= 11 is 0. The van der Waals surface area contributed by atoms with Crippen molar-refractivity contribution in [3.8, 4) is 0 Å². The molecule has 2 aromatic carbocycles. The Morgan fingerprint density at radius 2 is 1.89 bits per heavy atom. The number of amides is 1. The smallest absolute Gasteiger partial charge is 0.237 e. The Labute approximate surface area is 107 Å². The molecule has 1 unspecified atom stereocenters. The van der Waals surface area contributed by atoms with Crippen LogP contribution in [0.4, 0.5) is 0 Å². The fraction of sp³-hybridized carbons (Fsp3) is 0.267. The fourth-order valence-corrected chi connectivity index (χ4v) is 2.07. The Bertz CT molecular complexity index is 578. The normalized spacial score (nSPS) is 12.4. The summed E-state index contributed by atoms with van der Waals surface area (Å²) < 4.78 is 0. The topological polar surface area (TPSA) is 55.1 Å². The molecule has 0 aliphatic rings. The molecule has 0 aromatic heterocycles. The van der Waals surface area contributed by atoms with Crippen LogP contribution in [-0.4, -0.2) is 19.0 Å². The molecule has 0 spiro atoms. The standard InChI is InChI=1S/C15H18N2O/c1-10-3-5-13-8-11(4-6-12(13)7-10)9-14(16)15(18)17-2/h3-8,14H,9,16H2,1-2H3,(H,17,18). The van der Waals surface area contributed by atoms with E-state index in [2.05, 4.69) is 42.6 Å². The van der Waals surface area contributed by atoms with Crippen molar-refractivity contribution in [2.75, 3.05) is 7.05 Å². The molecule has 3 nitrogen and oxygen atoms in total. The lowest BCUT2D eigenvalue weighted by Gasteiger charge is -2.10. The Morgan fingerprint density at radius 3 is 2.61 bits per heavy atom. The molecule has 0 saturated heterocycles. The zero-order valence-corrected chi connectivity index (χ0v) is 10.7. The van der Waals surface area contributed by atoms with Crippen molar-refractivity contribution in [1.29, 1.82) is 0 Å². The van der Waals surface area contributed by atoms with Gasteiger partial charge in [-0.25, -0.2) is 0 Å². The molecule has 0 heterocycles. The minimum Gasteiger partial charge on any atom is -0.358 e. The second-order valence-electron chi connectivity index (χ2n) is 4.61. The van der Waals surface area contributed by atoms with E-state index in [4.69, 9.17) is 5.73 Å². The average Bonchev–Trinajstić information content (AvgIpc) is 2.38. The third-order valence-electron chi connectivity index (χ3n) is 3.10. The van der Waals surface area contributed by atoms with E-state index in [1.165, 1.54) is 16.3 Å². The van der Waals surface area contributed by atoms with E-state index < -0.39 is 6.04 Å². The zero-order chi connectivity index (χ0) is 13.1. The number of rotatable bonds is 3. The van der Waals surface area contributed by atoms with Crippen molar-refractivity contribution >= 4 is 16.7 Å². The average molecular weight is 242 g/mol. The lowest BCUT2D eigenvalue weighted by molar-refractivity contribution is -0.121. The van der Waals surface area contributed by atoms with Gasteiger partial charge < -0.3 is 11.1 Å². The molecule has 0 bridgehead atoms. The Morgan fingerprint density at radius 1 is 1.22 bits per heavy atom. The summed E-state index contributed by atoms with van der Waals surface area (Å²) in [6, 6.07) is 12.1. The molecule has 2 aromatic rings. The first-order chi connectivity index (χ1) is 8.60. The number of hydrogen-bond donors (Lipinski definition) is 2. The van der Waals surface area contributed by atoms with Crippen molar-refractivity contribution < 1.29 is 4.79 Å². The lowest BCUT2D eigenvalue weighted by atomic mass is 10.0. The van der Waals surface area contributed by atoms with Crippen LogP contribution in [0.1, 0.15) is 11.1 Å². The van der Waals surface area contributed by atoms with Gasteiger partial charge in [-0.15, -0.1) is 0 Å². The van der Waals surface area contributed by atoms with Crippen molar-refractivity contribution in [3.63, 3.8) is 0 Å². The van der Waals surface area contributed by atoms with Crippen LogP contribution in [0.3, 0.4) is 0 Å². The SMILES string of the molecule is CNC(=O)C(N)Cc1ccc2cc(C)ccc2c1. The number of nitrogens with one attached hydrogen (secondary N) is 1. The van der Waals surface area contributed by atoms with Crippen molar-refractivity contribution in [3.05, 3.63) is 47.5 Å². The van der Waals surface area contributed by atoms with Crippen LogP contribution >= 0.6 is 0 Å². The molecule has 0 saturated carbocycles. The van der Waals surface area contributed by atoms with E-state index >= 15 is 0 Å². The van der Waals surface area contributed by atoms with Crippen molar-refractivity contribution in [2.45, 2.75) is 19.4 Å². The maximum Gasteiger partial charge on any atom is 0.237 e. The van der Waals surface area contributed by atoms with Crippen molar-refractivity contribution in [2.24, 2.45) is 5.73 Å². The summed E-state index contributed by atoms with van der Waals surface area (Å²) in [5.41, 5.74) is 8.15. The third-order valence-corrected chi connectivity index (χ3v) is 3.10. The predicted molar refractivity (Wildman–Crippen MR) is 74.4 cm³/mol. The number of nitrogens with two attached hydrogens (primary N) is 1. The van der Waals surface area contributed by atoms with Gasteiger partial charge in [0.05, 0.1) is 6.04 Å². The van der Waals surface area contributed by atoms with Crippen LogP contribution in [0.25, 0.3) is 10.8 Å². The van der Waals surface area contributed by atoms with E-state index in [-0.39, 0.29) is 5.91 Å². The molecule has 0 aliphatic heterocycles. The number of aryl methyl sites for hydroxylation is 1. The fourth-order valence-electron chi connectivity index (χ4n) is 2.07. The lowest BCUT2D eigenvalue weighted by Crippen LogP contribution is -2.40. The molecule has 94 valence electrons. The van der Waals surface area contributed by atoms with Gasteiger partial charge in [0.1, 0.15) is 0 Å². The maximum atomic E-state index is 11.4. The van der Waals surface area contributed by atoms with E-state index in [9.17, 15) is 4.79 Å². The number of fused-ring (bicyclic) bond motifs is 1. The predicted octanol–water partition coefficient (Wildman–Crippen LogP) is 1.76. The van der Waals surface area contributed by atoms with Crippen LogP contribution in [0, 0.1) is 6.92 Å². The molecule has 0 fully saturated rings. The monoisotopic (exact) mass is 242 g/mol. The highest BCUT2D eigenvalue weighted by atomic mass is 16.2. The highest BCUT2D eigenvalue weighted by Crippen LogP contribution is 2.18. The first kappa shape index (κ1) is 12.6. The zero-order valence-electron chi connectivity index (χ0n) is 10.7. The van der Waals surface area contributed by atoms with Gasteiger partial charge in [-0.1, -0.05) is 42.0 Å². The van der Waals surface area contributed by atoms with Crippen LogP contribution in [0.2, 0.25) is 0 Å². The largest absolute Gasteiger partial charge is 0.358 e. The van der Waals surface area contributed by atoms with Crippen LogP contribution in [-0.2, 0) is 11.2 Å². The second-order valence-corrected chi connectivity index (χ2v) is 4.61. The molecule has 0 radical (unpaired) electrons. The summed E-state index contributed by atoms with van der Waals surface area (Å²) in [5.74, 6) is -0.126.